The number of ether oxygens (including phenoxy) is 2. The van der Waals surface area contributed by atoms with E-state index in [2.05, 4.69) is 10.3 Å². The molecule has 1 aromatic heterocycles. The highest BCUT2D eigenvalue weighted by Gasteiger charge is 2.14. The van der Waals surface area contributed by atoms with Crippen molar-refractivity contribution in [1.82, 2.24) is 4.98 Å². The fourth-order valence-corrected chi connectivity index (χ4v) is 2.47. The zero-order valence-corrected chi connectivity index (χ0v) is 14.9. The summed E-state index contributed by atoms with van der Waals surface area (Å²) in [5.41, 5.74) is 1.62. The monoisotopic (exact) mass is 378 g/mol. The Balaban J connectivity index is 1.72. The lowest BCUT2D eigenvalue weighted by Crippen LogP contribution is -2.14. The standard InChI is InChI=1S/C21H18N2O5/c24-20(25)14-28-18-9-3-1-6-15(18)13-27-19-10-4-2-8-17(19)21(26)23-16-7-5-11-22-12-16/h1-12H,13-14H2,(H,23,26)(H,24,25). The van der Waals surface area contributed by atoms with Crippen LogP contribution in [-0.2, 0) is 11.4 Å². The number of anilines is 1. The van der Waals surface area contributed by atoms with Gasteiger partial charge in [0.1, 0.15) is 18.1 Å². The van der Waals surface area contributed by atoms with E-state index in [0.717, 1.165) is 0 Å². The number of nitrogens with one attached hydrogen (secondary N) is 1. The number of para-hydroxylation sites is 2. The molecule has 1 heterocycles. The van der Waals surface area contributed by atoms with Crippen LogP contribution < -0.4 is 14.8 Å². The van der Waals surface area contributed by atoms with Crippen molar-refractivity contribution in [3.8, 4) is 11.5 Å². The zero-order chi connectivity index (χ0) is 19.8. The first-order valence-corrected chi connectivity index (χ1v) is 8.49. The molecule has 0 saturated carbocycles. The van der Waals surface area contributed by atoms with Gasteiger partial charge in [0.05, 0.1) is 17.4 Å². The van der Waals surface area contributed by atoms with Crippen molar-refractivity contribution >= 4 is 17.6 Å². The third-order valence-corrected chi connectivity index (χ3v) is 3.76. The lowest BCUT2D eigenvalue weighted by molar-refractivity contribution is -0.139. The molecule has 2 aromatic carbocycles. The van der Waals surface area contributed by atoms with Gasteiger partial charge in [0.2, 0.25) is 0 Å². The van der Waals surface area contributed by atoms with Crippen LogP contribution in [0.4, 0.5) is 5.69 Å². The van der Waals surface area contributed by atoms with Crippen molar-refractivity contribution in [2.24, 2.45) is 0 Å². The summed E-state index contributed by atoms with van der Waals surface area (Å²) in [5, 5.41) is 11.6. The first-order valence-electron chi connectivity index (χ1n) is 8.49. The summed E-state index contributed by atoms with van der Waals surface area (Å²) in [5.74, 6) is -0.564. The number of aliphatic carboxylic acids is 1. The number of carbonyl (C=O) groups is 2. The molecular formula is C21H18N2O5. The summed E-state index contributed by atoms with van der Waals surface area (Å²) in [4.78, 5) is 27.3. The number of hydrogen-bond donors (Lipinski definition) is 2. The molecule has 0 bridgehead atoms. The van der Waals surface area contributed by atoms with Gasteiger partial charge < -0.3 is 19.9 Å². The molecule has 0 fully saturated rings. The van der Waals surface area contributed by atoms with Crippen molar-refractivity contribution in [3.63, 3.8) is 0 Å². The minimum Gasteiger partial charge on any atom is -0.488 e. The number of hydrogen-bond acceptors (Lipinski definition) is 5. The van der Waals surface area contributed by atoms with Crippen molar-refractivity contribution < 1.29 is 24.2 Å². The van der Waals surface area contributed by atoms with Gasteiger partial charge in [0.15, 0.2) is 6.61 Å². The van der Waals surface area contributed by atoms with E-state index in [0.29, 0.717) is 28.3 Å². The van der Waals surface area contributed by atoms with Gasteiger partial charge in [-0.15, -0.1) is 0 Å². The summed E-state index contributed by atoms with van der Waals surface area (Å²) in [6, 6.07) is 17.3. The van der Waals surface area contributed by atoms with Crippen LogP contribution >= 0.6 is 0 Å². The fourth-order valence-electron chi connectivity index (χ4n) is 2.47. The Kier molecular flexibility index (Phi) is 6.20. The Morgan fingerprint density at radius 1 is 0.929 bits per heavy atom. The van der Waals surface area contributed by atoms with Crippen LogP contribution in [0.5, 0.6) is 11.5 Å². The molecule has 2 N–H and O–H groups in total. The maximum absolute atomic E-state index is 12.6. The van der Waals surface area contributed by atoms with E-state index in [9.17, 15) is 9.59 Å². The number of nitrogens with zero attached hydrogens (tertiary/aromatic N) is 1. The molecule has 0 aliphatic heterocycles. The second-order valence-electron chi connectivity index (χ2n) is 5.77. The summed E-state index contributed by atoms with van der Waals surface area (Å²) >= 11 is 0. The van der Waals surface area contributed by atoms with Gasteiger partial charge in [0.25, 0.3) is 5.91 Å². The number of carboxylic acid groups (broad SMARTS) is 1. The van der Waals surface area contributed by atoms with Crippen LogP contribution in [0, 0.1) is 0 Å². The van der Waals surface area contributed by atoms with Gasteiger partial charge in [-0.05, 0) is 30.3 Å². The molecule has 0 aliphatic carbocycles. The molecule has 1 amide bonds. The summed E-state index contributed by atoms with van der Waals surface area (Å²) in [6.45, 7) is -0.325. The van der Waals surface area contributed by atoms with Crippen LogP contribution in [0.2, 0.25) is 0 Å². The number of pyridine rings is 1. The average molecular weight is 378 g/mol. The Morgan fingerprint density at radius 2 is 1.68 bits per heavy atom. The van der Waals surface area contributed by atoms with Crippen molar-refractivity contribution in [3.05, 3.63) is 84.2 Å². The highest BCUT2D eigenvalue weighted by molar-refractivity contribution is 6.06. The molecule has 0 spiro atoms. The van der Waals surface area contributed by atoms with Crippen molar-refractivity contribution in [2.75, 3.05) is 11.9 Å². The van der Waals surface area contributed by atoms with Crippen molar-refractivity contribution in [2.45, 2.75) is 6.61 Å². The minimum atomic E-state index is -1.06. The average Bonchev–Trinajstić information content (AvgIpc) is 2.72. The quantitative estimate of drug-likeness (QED) is 0.624. The molecule has 0 aliphatic rings. The fraction of sp³-hybridized carbons (Fsp3) is 0.0952. The third-order valence-electron chi connectivity index (χ3n) is 3.76. The summed E-state index contributed by atoms with van der Waals surface area (Å²) < 4.78 is 11.1. The van der Waals surface area contributed by atoms with Gasteiger partial charge in [-0.1, -0.05) is 30.3 Å². The maximum Gasteiger partial charge on any atom is 0.341 e. The first-order chi connectivity index (χ1) is 13.6. The third kappa shape index (κ3) is 5.07. The maximum atomic E-state index is 12.6. The molecule has 0 radical (unpaired) electrons. The smallest absolute Gasteiger partial charge is 0.341 e. The van der Waals surface area contributed by atoms with Gasteiger partial charge in [0, 0.05) is 11.8 Å². The van der Waals surface area contributed by atoms with Crippen LogP contribution in [0.25, 0.3) is 0 Å². The zero-order valence-electron chi connectivity index (χ0n) is 14.9. The van der Waals surface area contributed by atoms with Gasteiger partial charge >= 0.3 is 5.97 Å². The lowest BCUT2D eigenvalue weighted by atomic mass is 10.1. The molecule has 28 heavy (non-hydrogen) atoms. The summed E-state index contributed by atoms with van der Waals surface area (Å²) in [7, 11) is 0. The van der Waals surface area contributed by atoms with E-state index < -0.39 is 12.6 Å². The number of rotatable bonds is 8. The van der Waals surface area contributed by atoms with Crippen LogP contribution in [0.1, 0.15) is 15.9 Å². The molecule has 0 unspecified atom stereocenters. The van der Waals surface area contributed by atoms with E-state index in [-0.39, 0.29) is 12.5 Å². The predicted molar refractivity (Wildman–Crippen MR) is 103 cm³/mol. The molecule has 142 valence electrons. The van der Waals surface area contributed by atoms with Crippen molar-refractivity contribution in [1.29, 1.82) is 0 Å². The molecule has 3 rings (SSSR count). The van der Waals surface area contributed by atoms with Crippen LogP contribution in [0.15, 0.2) is 73.1 Å². The normalized spacial score (nSPS) is 10.1. The van der Waals surface area contributed by atoms with Gasteiger partial charge in [-0.2, -0.15) is 0 Å². The van der Waals surface area contributed by atoms with E-state index in [1.165, 1.54) is 0 Å². The van der Waals surface area contributed by atoms with E-state index in [1.807, 2.05) is 0 Å². The second kappa shape index (κ2) is 9.18. The predicted octanol–water partition coefficient (Wildman–Crippen LogP) is 3.38. The number of amides is 1. The molecule has 0 atom stereocenters. The Hall–Kier alpha value is -3.87. The number of aromatic nitrogens is 1. The number of carbonyl (C=O) groups excluding carboxylic acids is 1. The van der Waals surface area contributed by atoms with Crippen LogP contribution in [0.3, 0.4) is 0 Å². The molecule has 3 aromatic rings. The SMILES string of the molecule is O=C(O)COc1ccccc1COc1ccccc1C(=O)Nc1cccnc1. The Morgan fingerprint density at radius 3 is 2.43 bits per heavy atom. The second-order valence-corrected chi connectivity index (χ2v) is 5.77. The van der Waals surface area contributed by atoms with Gasteiger partial charge in [-0.3, -0.25) is 9.78 Å². The molecule has 7 nitrogen and oxygen atoms in total. The van der Waals surface area contributed by atoms with Crippen LogP contribution in [-0.4, -0.2) is 28.6 Å². The largest absolute Gasteiger partial charge is 0.488 e. The highest BCUT2D eigenvalue weighted by atomic mass is 16.5. The molecule has 7 heteroatoms. The first kappa shape index (κ1) is 18.9. The lowest BCUT2D eigenvalue weighted by Gasteiger charge is -2.14. The van der Waals surface area contributed by atoms with E-state index >= 15 is 0 Å². The number of benzene rings is 2. The summed E-state index contributed by atoms with van der Waals surface area (Å²) in [6.07, 6.45) is 3.17. The topological polar surface area (TPSA) is 97.8 Å². The number of carboxylic acids is 1. The molecule has 0 saturated heterocycles. The van der Waals surface area contributed by atoms with Gasteiger partial charge in [-0.25, -0.2) is 4.79 Å². The van der Waals surface area contributed by atoms with E-state index in [1.54, 1.807) is 73.1 Å². The van der Waals surface area contributed by atoms with E-state index in [4.69, 9.17) is 14.6 Å². The minimum absolute atomic E-state index is 0.118. The highest BCUT2D eigenvalue weighted by Crippen LogP contribution is 2.24. The Labute approximate surface area is 161 Å². The molecular weight excluding hydrogens is 360 g/mol. The Bertz CT molecular complexity index is 960.